The number of nitrogens with one attached hydrogen (secondary N) is 2. The van der Waals surface area contributed by atoms with E-state index < -0.39 is 0 Å². The molecule has 104 valence electrons. The third-order valence-electron chi connectivity index (χ3n) is 3.29. The van der Waals surface area contributed by atoms with Crippen molar-refractivity contribution in [2.45, 2.75) is 26.3 Å². The Morgan fingerprint density at radius 1 is 1.53 bits per heavy atom. The fraction of sp³-hybridized carbons (Fsp3) is 0.615. The molecular weight excluding hydrogens is 244 g/mol. The van der Waals surface area contributed by atoms with Gasteiger partial charge in [-0.3, -0.25) is 4.79 Å². The van der Waals surface area contributed by atoms with Crippen LogP contribution in [0.15, 0.2) is 12.1 Å². The monoisotopic (exact) mass is 264 g/mol. The molecule has 0 radical (unpaired) electrons. The molecule has 2 unspecified atom stereocenters. The maximum absolute atomic E-state index is 12.0. The van der Waals surface area contributed by atoms with Crippen molar-refractivity contribution in [2.75, 3.05) is 25.1 Å². The van der Waals surface area contributed by atoms with E-state index >= 15 is 0 Å². The zero-order chi connectivity index (χ0) is 13.7. The largest absolute Gasteiger partial charge is 0.381 e. The van der Waals surface area contributed by atoms with E-state index in [4.69, 9.17) is 4.74 Å². The lowest BCUT2D eigenvalue weighted by Crippen LogP contribution is -2.38. The molecule has 2 rings (SSSR count). The summed E-state index contributed by atoms with van der Waals surface area (Å²) >= 11 is 0. The van der Waals surface area contributed by atoms with Crippen LogP contribution in [-0.4, -0.2) is 41.9 Å². The Labute approximate surface area is 112 Å². The van der Waals surface area contributed by atoms with E-state index in [0.717, 1.165) is 19.6 Å². The van der Waals surface area contributed by atoms with Gasteiger partial charge in [0.1, 0.15) is 5.82 Å². The Kier molecular flexibility index (Phi) is 4.68. The van der Waals surface area contributed by atoms with Gasteiger partial charge in [0.15, 0.2) is 5.69 Å². The van der Waals surface area contributed by atoms with Gasteiger partial charge in [0.25, 0.3) is 5.91 Å². The van der Waals surface area contributed by atoms with Gasteiger partial charge in [0, 0.05) is 25.1 Å². The standard InChI is InChI=1S/C13H20N4O2/c1-3-14-12-5-4-11(16-17-12)13(18)15-9(2)10-6-7-19-8-10/h4-5,9-10H,3,6-8H2,1-2H3,(H,14,17)(H,15,18). The summed E-state index contributed by atoms with van der Waals surface area (Å²) in [4.78, 5) is 12.0. The van der Waals surface area contributed by atoms with Crippen molar-refractivity contribution in [3.8, 4) is 0 Å². The molecule has 0 spiro atoms. The average molecular weight is 264 g/mol. The van der Waals surface area contributed by atoms with Gasteiger partial charge in [-0.1, -0.05) is 0 Å². The fourth-order valence-electron chi connectivity index (χ4n) is 2.07. The summed E-state index contributed by atoms with van der Waals surface area (Å²) in [6, 6.07) is 3.53. The molecular formula is C13H20N4O2. The summed E-state index contributed by atoms with van der Waals surface area (Å²) in [6.07, 6.45) is 0.993. The summed E-state index contributed by atoms with van der Waals surface area (Å²) in [7, 11) is 0. The average Bonchev–Trinajstić information content (AvgIpc) is 2.94. The van der Waals surface area contributed by atoms with Gasteiger partial charge in [-0.25, -0.2) is 0 Å². The maximum atomic E-state index is 12.0. The van der Waals surface area contributed by atoms with E-state index in [-0.39, 0.29) is 11.9 Å². The van der Waals surface area contributed by atoms with Crippen LogP contribution in [0, 0.1) is 5.92 Å². The van der Waals surface area contributed by atoms with Crippen LogP contribution < -0.4 is 10.6 Å². The van der Waals surface area contributed by atoms with Crippen molar-refractivity contribution in [1.82, 2.24) is 15.5 Å². The molecule has 1 saturated heterocycles. The van der Waals surface area contributed by atoms with E-state index in [1.165, 1.54) is 0 Å². The van der Waals surface area contributed by atoms with Crippen LogP contribution in [0.1, 0.15) is 30.8 Å². The highest BCUT2D eigenvalue weighted by Gasteiger charge is 2.24. The summed E-state index contributed by atoms with van der Waals surface area (Å²) < 4.78 is 5.32. The second-order valence-electron chi connectivity index (χ2n) is 4.72. The van der Waals surface area contributed by atoms with Gasteiger partial charge in [0.2, 0.25) is 0 Å². The van der Waals surface area contributed by atoms with Gasteiger partial charge in [0.05, 0.1) is 6.61 Å². The van der Waals surface area contributed by atoms with Crippen LogP contribution in [0.3, 0.4) is 0 Å². The van der Waals surface area contributed by atoms with Gasteiger partial charge in [-0.05, 0) is 32.4 Å². The number of nitrogens with zero attached hydrogens (tertiary/aromatic N) is 2. The first-order valence-electron chi connectivity index (χ1n) is 6.67. The van der Waals surface area contributed by atoms with Crippen molar-refractivity contribution in [3.63, 3.8) is 0 Å². The zero-order valence-electron chi connectivity index (χ0n) is 11.3. The number of hydrogen-bond acceptors (Lipinski definition) is 5. The third kappa shape index (κ3) is 3.64. The predicted octanol–water partition coefficient (Wildman–Crippen LogP) is 1.06. The van der Waals surface area contributed by atoms with Crippen molar-refractivity contribution >= 4 is 11.7 Å². The second kappa shape index (κ2) is 6.47. The predicted molar refractivity (Wildman–Crippen MR) is 72.0 cm³/mol. The number of hydrogen-bond donors (Lipinski definition) is 2. The molecule has 2 N–H and O–H groups in total. The smallest absolute Gasteiger partial charge is 0.272 e. The highest BCUT2D eigenvalue weighted by Crippen LogP contribution is 2.16. The Hall–Kier alpha value is -1.69. The van der Waals surface area contributed by atoms with Crippen LogP contribution in [0.4, 0.5) is 5.82 Å². The van der Waals surface area contributed by atoms with E-state index in [2.05, 4.69) is 20.8 Å². The summed E-state index contributed by atoms with van der Waals surface area (Å²) in [5.41, 5.74) is 0.340. The molecule has 1 aromatic heterocycles. The second-order valence-corrected chi connectivity index (χ2v) is 4.72. The molecule has 0 aromatic carbocycles. The normalized spacial score (nSPS) is 20.0. The third-order valence-corrected chi connectivity index (χ3v) is 3.29. The highest BCUT2D eigenvalue weighted by molar-refractivity contribution is 5.92. The minimum absolute atomic E-state index is 0.0882. The Bertz CT molecular complexity index is 415. The van der Waals surface area contributed by atoms with Gasteiger partial charge < -0.3 is 15.4 Å². The van der Waals surface area contributed by atoms with Crippen molar-refractivity contribution < 1.29 is 9.53 Å². The molecule has 1 aliphatic heterocycles. The molecule has 1 amide bonds. The number of amides is 1. The SMILES string of the molecule is CCNc1ccc(C(=O)NC(C)C2CCOC2)nn1. The van der Waals surface area contributed by atoms with Crippen molar-refractivity contribution in [1.29, 1.82) is 0 Å². The fourth-order valence-corrected chi connectivity index (χ4v) is 2.07. The number of carbonyl (C=O) groups excluding carboxylic acids is 1. The topological polar surface area (TPSA) is 76.1 Å². The molecule has 1 aliphatic rings. The molecule has 2 heterocycles. The van der Waals surface area contributed by atoms with E-state index in [1.807, 2.05) is 13.8 Å². The summed E-state index contributed by atoms with van der Waals surface area (Å²) in [6.45, 7) is 6.25. The molecule has 6 nitrogen and oxygen atoms in total. The number of aromatic nitrogens is 2. The summed E-state index contributed by atoms with van der Waals surface area (Å²) in [5, 5.41) is 13.9. The quantitative estimate of drug-likeness (QED) is 0.831. The molecule has 0 aliphatic carbocycles. The van der Waals surface area contributed by atoms with Crippen LogP contribution in [0.25, 0.3) is 0 Å². The van der Waals surface area contributed by atoms with Crippen molar-refractivity contribution in [3.05, 3.63) is 17.8 Å². The molecule has 19 heavy (non-hydrogen) atoms. The first-order chi connectivity index (χ1) is 9.20. The van der Waals surface area contributed by atoms with Gasteiger partial charge in [-0.15, -0.1) is 10.2 Å². The van der Waals surface area contributed by atoms with Crippen molar-refractivity contribution in [2.24, 2.45) is 5.92 Å². The Morgan fingerprint density at radius 2 is 2.37 bits per heavy atom. The number of carbonyl (C=O) groups is 1. The molecule has 1 fully saturated rings. The molecule has 1 aromatic rings. The minimum atomic E-state index is -0.185. The highest BCUT2D eigenvalue weighted by atomic mass is 16.5. The molecule has 2 atom stereocenters. The van der Waals surface area contributed by atoms with Crippen LogP contribution in [0.2, 0.25) is 0 Å². The lowest BCUT2D eigenvalue weighted by Gasteiger charge is -2.18. The first kappa shape index (κ1) is 13.7. The Balaban J connectivity index is 1.91. The Morgan fingerprint density at radius 3 is 2.95 bits per heavy atom. The van der Waals surface area contributed by atoms with Crippen LogP contribution in [0.5, 0.6) is 0 Å². The van der Waals surface area contributed by atoms with E-state index in [9.17, 15) is 4.79 Å². The maximum Gasteiger partial charge on any atom is 0.272 e. The van der Waals surface area contributed by atoms with Crippen LogP contribution in [-0.2, 0) is 4.74 Å². The van der Waals surface area contributed by atoms with Crippen LogP contribution >= 0.6 is 0 Å². The van der Waals surface area contributed by atoms with E-state index in [1.54, 1.807) is 12.1 Å². The first-order valence-corrected chi connectivity index (χ1v) is 6.67. The lowest BCUT2D eigenvalue weighted by atomic mass is 10.0. The molecule has 0 saturated carbocycles. The van der Waals surface area contributed by atoms with Gasteiger partial charge in [-0.2, -0.15) is 0 Å². The number of anilines is 1. The molecule has 6 heteroatoms. The minimum Gasteiger partial charge on any atom is -0.381 e. The van der Waals surface area contributed by atoms with E-state index in [0.29, 0.717) is 24.0 Å². The number of ether oxygens (including phenoxy) is 1. The van der Waals surface area contributed by atoms with Gasteiger partial charge >= 0.3 is 0 Å². The summed E-state index contributed by atoms with van der Waals surface area (Å²) in [5.74, 6) is 0.879. The lowest BCUT2D eigenvalue weighted by molar-refractivity contribution is 0.0916. The zero-order valence-corrected chi connectivity index (χ0v) is 11.3. The molecule has 0 bridgehead atoms. The number of rotatable bonds is 5.